The molecule has 108 valence electrons. The fourth-order valence-corrected chi connectivity index (χ4v) is 3.71. The molecule has 0 spiro atoms. The summed E-state index contributed by atoms with van der Waals surface area (Å²) in [6, 6.07) is 7.67. The molecule has 0 saturated carbocycles. The standard InChI is InChI=1S/C15H25NO2S/c1-5-13(12(4)16-6-2)14-10-8-9-11-15(14)19(17,18)7-3/h8-13,16H,5-7H2,1-4H3. The fourth-order valence-electron chi connectivity index (χ4n) is 2.53. The van der Waals surface area contributed by atoms with Gasteiger partial charge in [0.05, 0.1) is 10.6 Å². The van der Waals surface area contributed by atoms with Gasteiger partial charge in [-0.05, 0) is 37.4 Å². The molecule has 3 nitrogen and oxygen atoms in total. The quantitative estimate of drug-likeness (QED) is 0.837. The first kappa shape index (κ1) is 16.2. The molecule has 1 N–H and O–H groups in total. The van der Waals surface area contributed by atoms with Gasteiger partial charge in [0.2, 0.25) is 0 Å². The Hall–Kier alpha value is -0.870. The van der Waals surface area contributed by atoms with Gasteiger partial charge in [-0.15, -0.1) is 0 Å². The van der Waals surface area contributed by atoms with E-state index in [-0.39, 0.29) is 17.7 Å². The number of hydrogen-bond acceptors (Lipinski definition) is 3. The van der Waals surface area contributed by atoms with Gasteiger partial charge in [-0.2, -0.15) is 0 Å². The molecule has 0 bridgehead atoms. The summed E-state index contributed by atoms with van der Waals surface area (Å²) in [7, 11) is -3.16. The Kier molecular flexibility index (Phi) is 6.01. The first-order chi connectivity index (χ1) is 8.97. The van der Waals surface area contributed by atoms with Crippen LogP contribution in [-0.4, -0.2) is 26.8 Å². The molecule has 1 aromatic carbocycles. The lowest BCUT2D eigenvalue weighted by molar-refractivity contribution is 0.455. The molecule has 4 heteroatoms. The van der Waals surface area contributed by atoms with E-state index in [4.69, 9.17) is 0 Å². The Labute approximate surface area is 117 Å². The zero-order chi connectivity index (χ0) is 14.5. The summed E-state index contributed by atoms with van der Waals surface area (Å²) in [4.78, 5) is 0.495. The maximum atomic E-state index is 12.2. The van der Waals surface area contributed by atoms with E-state index in [9.17, 15) is 8.42 Å². The number of benzene rings is 1. The van der Waals surface area contributed by atoms with Crippen molar-refractivity contribution in [1.82, 2.24) is 5.32 Å². The Morgan fingerprint density at radius 3 is 2.32 bits per heavy atom. The van der Waals surface area contributed by atoms with Crippen LogP contribution in [0.3, 0.4) is 0 Å². The average molecular weight is 283 g/mol. The Morgan fingerprint density at radius 2 is 1.79 bits per heavy atom. The van der Waals surface area contributed by atoms with Crippen molar-refractivity contribution in [2.75, 3.05) is 12.3 Å². The maximum absolute atomic E-state index is 12.2. The molecule has 1 rings (SSSR count). The molecular weight excluding hydrogens is 258 g/mol. The average Bonchev–Trinajstić information content (AvgIpc) is 2.40. The van der Waals surface area contributed by atoms with E-state index in [1.54, 1.807) is 19.1 Å². The van der Waals surface area contributed by atoms with E-state index in [1.807, 2.05) is 12.1 Å². The monoisotopic (exact) mass is 283 g/mol. The second-order valence-corrected chi connectivity index (χ2v) is 7.05. The van der Waals surface area contributed by atoms with Crippen LogP contribution in [0.25, 0.3) is 0 Å². The van der Waals surface area contributed by atoms with Crippen LogP contribution < -0.4 is 5.32 Å². The van der Waals surface area contributed by atoms with E-state index in [0.717, 1.165) is 18.5 Å². The SMILES string of the molecule is CCNC(C)C(CC)c1ccccc1S(=O)(=O)CC. The molecule has 0 heterocycles. The van der Waals surface area contributed by atoms with Crippen molar-refractivity contribution in [3.8, 4) is 0 Å². The maximum Gasteiger partial charge on any atom is 0.178 e. The topological polar surface area (TPSA) is 46.2 Å². The van der Waals surface area contributed by atoms with E-state index in [1.165, 1.54) is 0 Å². The van der Waals surface area contributed by atoms with Gasteiger partial charge in [-0.3, -0.25) is 0 Å². The zero-order valence-electron chi connectivity index (χ0n) is 12.3. The molecule has 1 aromatic rings. The van der Waals surface area contributed by atoms with Crippen molar-refractivity contribution in [2.45, 2.75) is 51.0 Å². The number of sulfone groups is 1. The van der Waals surface area contributed by atoms with Gasteiger partial charge in [0.15, 0.2) is 9.84 Å². The first-order valence-electron chi connectivity index (χ1n) is 7.02. The lowest BCUT2D eigenvalue weighted by atomic mass is 9.90. The molecule has 0 fully saturated rings. The summed E-state index contributed by atoms with van der Waals surface area (Å²) in [5, 5.41) is 3.40. The van der Waals surface area contributed by atoms with Gasteiger partial charge < -0.3 is 5.32 Å². The highest BCUT2D eigenvalue weighted by Gasteiger charge is 2.24. The van der Waals surface area contributed by atoms with Gasteiger partial charge in [-0.1, -0.05) is 39.0 Å². The first-order valence-corrected chi connectivity index (χ1v) is 8.68. The van der Waals surface area contributed by atoms with Crippen LogP contribution in [0.5, 0.6) is 0 Å². The van der Waals surface area contributed by atoms with Crippen molar-refractivity contribution in [2.24, 2.45) is 0 Å². The van der Waals surface area contributed by atoms with Gasteiger partial charge in [0.25, 0.3) is 0 Å². The normalized spacial score (nSPS) is 15.2. The summed E-state index contributed by atoms with van der Waals surface area (Å²) >= 11 is 0. The second kappa shape index (κ2) is 7.06. The van der Waals surface area contributed by atoms with Crippen LogP contribution in [0.4, 0.5) is 0 Å². The lowest BCUT2D eigenvalue weighted by Crippen LogP contribution is -2.32. The fraction of sp³-hybridized carbons (Fsp3) is 0.600. The number of likely N-dealkylation sites (N-methyl/N-ethyl adjacent to an activating group) is 1. The molecule has 0 saturated heterocycles. The smallest absolute Gasteiger partial charge is 0.178 e. The third kappa shape index (κ3) is 3.80. The second-order valence-electron chi connectivity index (χ2n) is 4.80. The Morgan fingerprint density at radius 1 is 1.16 bits per heavy atom. The minimum atomic E-state index is -3.16. The molecule has 2 atom stereocenters. The largest absolute Gasteiger partial charge is 0.314 e. The molecule has 0 aliphatic rings. The highest BCUT2D eigenvalue weighted by molar-refractivity contribution is 7.91. The van der Waals surface area contributed by atoms with Crippen molar-refractivity contribution in [3.05, 3.63) is 29.8 Å². The minimum absolute atomic E-state index is 0.149. The van der Waals surface area contributed by atoms with Crippen LogP contribution in [0.1, 0.15) is 45.6 Å². The van der Waals surface area contributed by atoms with Gasteiger partial charge in [0, 0.05) is 6.04 Å². The molecular formula is C15H25NO2S. The number of nitrogens with one attached hydrogen (secondary N) is 1. The van der Waals surface area contributed by atoms with Crippen molar-refractivity contribution >= 4 is 9.84 Å². The number of hydrogen-bond donors (Lipinski definition) is 1. The molecule has 2 unspecified atom stereocenters. The molecule has 0 radical (unpaired) electrons. The van der Waals surface area contributed by atoms with Crippen LogP contribution in [0.2, 0.25) is 0 Å². The highest BCUT2D eigenvalue weighted by atomic mass is 32.2. The predicted octanol–water partition coefficient (Wildman–Crippen LogP) is 2.97. The zero-order valence-corrected chi connectivity index (χ0v) is 13.1. The molecule has 0 aliphatic carbocycles. The number of rotatable bonds is 7. The van der Waals surface area contributed by atoms with Crippen LogP contribution in [-0.2, 0) is 9.84 Å². The van der Waals surface area contributed by atoms with E-state index < -0.39 is 9.84 Å². The summed E-state index contributed by atoms with van der Waals surface area (Å²) < 4.78 is 24.4. The Bertz CT molecular complexity index is 497. The van der Waals surface area contributed by atoms with Crippen molar-refractivity contribution < 1.29 is 8.42 Å². The van der Waals surface area contributed by atoms with Gasteiger partial charge in [0.1, 0.15) is 0 Å². The summed E-state index contributed by atoms with van der Waals surface area (Å²) in [6.45, 7) is 8.87. The van der Waals surface area contributed by atoms with E-state index >= 15 is 0 Å². The lowest BCUT2D eigenvalue weighted by Gasteiger charge is -2.25. The minimum Gasteiger partial charge on any atom is -0.314 e. The predicted molar refractivity (Wildman–Crippen MR) is 80.3 cm³/mol. The summed E-state index contributed by atoms with van der Waals surface area (Å²) in [6.07, 6.45) is 0.921. The molecule has 19 heavy (non-hydrogen) atoms. The van der Waals surface area contributed by atoms with E-state index in [2.05, 4.69) is 26.1 Å². The van der Waals surface area contributed by atoms with Crippen LogP contribution in [0, 0.1) is 0 Å². The molecule has 0 amide bonds. The van der Waals surface area contributed by atoms with E-state index in [0.29, 0.717) is 4.90 Å². The summed E-state index contributed by atoms with van der Waals surface area (Å²) in [5.74, 6) is 0.369. The van der Waals surface area contributed by atoms with Crippen LogP contribution >= 0.6 is 0 Å². The summed E-state index contributed by atoms with van der Waals surface area (Å²) in [5.41, 5.74) is 0.945. The Balaban J connectivity index is 3.25. The van der Waals surface area contributed by atoms with Gasteiger partial charge >= 0.3 is 0 Å². The third-order valence-electron chi connectivity index (χ3n) is 3.60. The van der Waals surface area contributed by atoms with Gasteiger partial charge in [-0.25, -0.2) is 8.42 Å². The van der Waals surface area contributed by atoms with Crippen molar-refractivity contribution in [3.63, 3.8) is 0 Å². The van der Waals surface area contributed by atoms with Crippen LogP contribution in [0.15, 0.2) is 29.2 Å². The van der Waals surface area contributed by atoms with Crippen molar-refractivity contribution in [1.29, 1.82) is 0 Å². The molecule has 0 aromatic heterocycles. The molecule has 0 aliphatic heterocycles. The third-order valence-corrected chi connectivity index (χ3v) is 5.41. The highest BCUT2D eigenvalue weighted by Crippen LogP contribution is 2.29.